The van der Waals surface area contributed by atoms with E-state index < -0.39 is 0 Å². The molecule has 0 aliphatic rings. The number of hydrogen-bond donors (Lipinski definition) is 1. The molecule has 2 aromatic heterocycles. The zero-order valence-electron chi connectivity index (χ0n) is 11.0. The molecule has 0 bridgehead atoms. The van der Waals surface area contributed by atoms with Crippen LogP contribution in [0.4, 0.5) is 5.82 Å². The molecule has 2 rings (SSSR count). The molecule has 100 valence electrons. The maximum absolute atomic E-state index is 11.8. The van der Waals surface area contributed by atoms with Gasteiger partial charge in [-0.05, 0) is 37.6 Å². The molecule has 0 aliphatic heterocycles. The van der Waals surface area contributed by atoms with E-state index in [4.69, 9.17) is 11.6 Å². The summed E-state index contributed by atoms with van der Waals surface area (Å²) in [6.45, 7) is 5.05. The van der Waals surface area contributed by atoms with Crippen molar-refractivity contribution in [1.82, 2.24) is 9.55 Å². The fourth-order valence-electron chi connectivity index (χ4n) is 1.77. The van der Waals surface area contributed by atoms with Crippen molar-refractivity contribution in [2.75, 3.05) is 11.9 Å². The lowest BCUT2D eigenvalue weighted by Gasteiger charge is -2.09. The largest absolute Gasteiger partial charge is 0.370 e. The Labute approximate surface area is 117 Å². The topological polar surface area (TPSA) is 46.9 Å². The van der Waals surface area contributed by atoms with Gasteiger partial charge >= 0.3 is 0 Å². The van der Waals surface area contributed by atoms with Gasteiger partial charge in [-0.25, -0.2) is 4.98 Å². The van der Waals surface area contributed by atoms with Gasteiger partial charge in [-0.1, -0.05) is 11.6 Å². The highest BCUT2D eigenvalue weighted by molar-refractivity contribution is 6.31. The minimum Gasteiger partial charge on any atom is -0.370 e. The number of nitrogens with one attached hydrogen (secondary N) is 1. The van der Waals surface area contributed by atoms with E-state index in [2.05, 4.69) is 10.3 Å². The fraction of sp³-hybridized carbons (Fsp3) is 0.286. The quantitative estimate of drug-likeness (QED) is 0.935. The number of pyridine rings is 2. The second kappa shape index (κ2) is 5.89. The summed E-state index contributed by atoms with van der Waals surface area (Å²) in [5, 5.41) is 3.69. The van der Waals surface area contributed by atoms with Crippen LogP contribution in [-0.4, -0.2) is 16.1 Å². The monoisotopic (exact) mass is 277 g/mol. The van der Waals surface area contributed by atoms with Gasteiger partial charge in [0.15, 0.2) is 0 Å². The second-order valence-corrected chi connectivity index (χ2v) is 4.73. The van der Waals surface area contributed by atoms with E-state index in [-0.39, 0.29) is 5.56 Å². The highest BCUT2D eigenvalue weighted by Gasteiger charge is 2.06. The normalized spacial score (nSPS) is 10.5. The summed E-state index contributed by atoms with van der Waals surface area (Å²) < 4.78 is 1.59. The van der Waals surface area contributed by atoms with Crippen LogP contribution < -0.4 is 10.9 Å². The summed E-state index contributed by atoms with van der Waals surface area (Å²) in [7, 11) is 0. The first-order chi connectivity index (χ1) is 9.10. The van der Waals surface area contributed by atoms with Gasteiger partial charge in [-0.15, -0.1) is 0 Å². The third-order valence-corrected chi connectivity index (χ3v) is 3.09. The number of aromatic nitrogens is 2. The van der Waals surface area contributed by atoms with Crippen molar-refractivity contribution in [2.24, 2.45) is 0 Å². The van der Waals surface area contributed by atoms with Crippen LogP contribution in [0.5, 0.6) is 0 Å². The first kappa shape index (κ1) is 13.6. The van der Waals surface area contributed by atoms with E-state index in [0.717, 1.165) is 17.9 Å². The van der Waals surface area contributed by atoms with Gasteiger partial charge in [0, 0.05) is 18.8 Å². The molecule has 0 saturated carbocycles. The van der Waals surface area contributed by atoms with Crippen molar-refractivity contribution in [1.29, 1.82) is 0 Å². The maximum Gasteiger partial charge on any atom is 0.251 e. The molecule has 0 amide bonds. The molecule has 0 radical (unpaired) electrons. The van der Waals surface area contributed by atoms with Gasteiger partial charge in [0.2, 0.25) is 0 Å². The molecule has 0 saturated heterocycles. The summed E-state index contributed by atoms with van der Waals surface area (Å²) in [6.07, 6.45) is 1.76. The Balaban J connectivity index is 2.31. The first-order valence-corrected chi connectivity index (χ1v) is 6.54. The van der Waals surface area contributed by atoms with Crippen LogP contribution in [0, 0.1) is 6.92 Å². The van der Waals surface area contributed by atoms with Crippen molar-refractivity contribution in [3.8, 4) is 0 Å². The number of halogens is 1. The van der Waals surface area contributed by atoms with E-state index in [9.17, 15) is 4.79 Å². The molecule has 5 heteroatoms. The molecule has 19 heavy (non-hydrogen) atoms. The van der Waals surface area contributed by atoms with Crippen molar-refractivity contribution < 1.29 is 0 Å². The molecule has 4 nitrogen and oxygen atoms in total. The SMILES string of the molecule is CCNc1ccc(Cl)c(Cn2ccc(C)cc2=O)n1. The lowest BCUT2D eigenvalue weighted by Crippen LogP contribution is -2.20. The molecule has 2 aromatic rings. The standard InChI is InChI=1S/C14H16ClN3O/c1-3-16-13-5-4-11(15)12(17-13)9-18-7-6-10(2)8-14(18)19/h4-8H,3,9H2,1-2H3,(H,16,17). The summed E-state index contributed by atoms with van der Waals surface area (Å²) in [4.78, 5) is 16.3. The van der Waals surface area contributed by atoms with Gasteiger partial charge in [0.25, 0.3) is 5.56 Å². The Morgan fingerprint density at radius 1 is 1.37 bits per heavy atom. The Hall–Kier alpha value is -1.81. The fourth-order valence-corrected chi connectivity index (χ4v) is 1.94. The Bertz CT molecular complexity index is 637. The zero-order valence-corrected chi connectivity index (χ0v) is 11.7. The minimum atomic E-state index is -0.0493. The number of hydrogen-bond acceptors (Lipinski definition) is 3. The lowest BCUT2D eigenvalue weighted by molar-refractivity contribution is 0.738. The smallest absolute Gasteiger partial charge is 0.251 e. The van der Waals surface area contributed by atoms with E-state index in [1.807, 2.05) is 26.0 Å². The highest BCUT2D eigenvalue weighted by atomic mass is 35.5. The number of rotatable bonds is 4. The third-order valence-electron chi connectivity index (χ3n) is 2.75. The summed E-state index contributed by atoms with van der Waals surface area (Å²) in [5.74, 6) is 0.766. The highest BCUT2D eigenvalue weighted by Crippen LogP contribution is 2.17. The van der Waals surface area contributed by atoms with Crippen molar-refractivity contribution in [3.63, 3.8) is 0 Å². The molecule has 0 aliphatic carbocycles. The van der Waals surface area contributed by atoms with Crippen molar-refractivity contribution in [3.05, 3.63) is 57.1 Å². The molecule has 2 heterocycles. The Morgan fingerprint density at radius 3 is 2.84 bits per heavy atom. The number of aryl methyl sites for hydroxylation is 1. The molecule has 0 unspecified atom stereocenters. The zero-order chi connectivity index (χ0) is 13.8. The summed E-state index contributed by atoms with van der Waals surface area (Å²) in [5.41, 5.74) is 1.58. The van der Waals surface area contributed by atoms with Crippen LogP contribution in [0.1, 0.15) is 18.2 Å². The predicted octanol–water partition coefficient (Wildman–Crippen LogP) is 2.69. The van der Waals surface area contributed by atoms with Crippen LogP contribution in [0.15, 0.2) is 35.3 Å². The van der Waals surface area contributed by atoms with Gasteiger partial charge in [0.1, 0.15) is 5.82 Å². The van der Waals surface area contributed by atoms with Crippen LogP contribution in [-0.2, 0) is 6.54 Å². The van der Waals surface area contributed by atoms with Crippen molar-refractivity contribution in [2.45, 2.75) is 20.4 Å². The van der Waals surface area contributed by atoms with Gasteiger partial charge < -0.3 is 9.88 Å². The van der Waals surface area contributed by atoms with Crippen LogP contribution in [0.2, 0.25) is 5.02 Å². The molecule has 1 N–H and O–H groups in total. The van der Waals surface area contributed by atoms with Gasteiger partial charge in [-0.3, -0.25) is 4.79 Å². The molecule has 0 fully saturated rings. The first-order valence-electron chi connectivity index (χ1n) is 6.16. The van der Waals surface area contributed by atoms with E-state index in [1.165, 1.54) is 0 Å². The summed E-state index contributed by atoms with van der Waals surface area (Å²) >= 11 is 6.12. The molecule has 0 spiro atoms. The van der Waals surface area contributed by atoms with Gasteiger partial charge in [-0.2, -0.15) is 0 Å². The van der Waals surface area contributed by atoms with Crippen LogP contribution in [0.3, 0.4) is 0 Å². The predicted molar refractivity (Wildman–Crippen MR) is 78.0 cm³/mol. The van der Waals surface area contributed by atoms with Crippen LogP contribution >= 0.6 is 11.6 Å². The van der Waals surface area contributed by atoms with Crippen LogP contribution in [0.25, 0.3) is 0 Å². The molecular formula is C14H16ClN3O. The van der Waals surface area contributed by atoms with E-state index in [1.54, 1.807) is 22.9 Å². The maximum atomic E-state index is 11.8. The number of anilines is 1. The van der Waals surface area contributed by atoms with E-state index >= 15 is 0 Å². The minimum absolute atomic E-state index is 0.0493. The lowest BCUT2D eigenvalue weighted by atomic mass is 10.3. The van der Waals surface area contributed by atoms with Gasteiger partial charge in [0.05, 0.1) is 17.3 Å². The van der Waals surface area contributed by atoms with Crippen molar-refractivity contribution >= 4 is 17.4 Å². The summed E-state index contributed by atoms with van der Waals surface area (Å²) in [6, 6.07) is 7.11. The molecule has 0 aromatic carbocycles. The number of nitrogens with zero attached hydrogens (tertiary/aromatic N) is 2. The Morgan fingerprint density at radius 2 is 2.16 bits per heavy atom. The molecule has 0 atom stereocenters. The average Bonchev–Trinajstić information content (AvgIpc) is 2.37. The van der Waals surface area contributed by atoms with E-state index in [0.29, 0.717) is 17.3 Å². The Kier molecular flexibility index (Phi) is 4.22. The molecular weight excluding hydrogens is 262 g/mol. The third kappa shape index (κ3) is 3.35. The average molecular weight is 278 g/mol. The second-order valence-electron chi connectivity index (χ2n) is 4.33.